The van der Waals surface area contributed by atoms with Gasteiger partial charge in [-0.05, 0) is 37.6 Å². The summed E-state index contributed by atoms with van der Waals surface area (Å²) in [5.41, 5.74) is 2.73. The smallest absolute Gasteiger partial charge is 0.0369 e. The first-order valence-corrected chi connectivity index (χ1v) is 7.54. The first kappa shape index (κ1) is 14.4. The van der Waals surface area contributed by atoms with Crippen LogP contribution >= 0.6 is 0 Å². The van der Waals surface area contributed by atoms with E-state index in [-0.39, 0.29) is 0 Å². The number of piperazine rings is 1. The zero-order valence-corrected chi connectivity index (χ0v) is 12.4. The summed E-state index contributed by atoms with van der Waals surface area (Å²) in [6, 6.07) is 8.84. The maximum atomic E-state index is 3.48. The van der Waals surface area contributed by atoms with E-state index >= 15 is 0 Å². The van der Waals surface area contributed by atoms with Crippen molar-refractivity contribution < 1.29 is 0 Å². The highest BCUT2D eigenvalue weighted by molar-refractivity contribution is 5.48. The van der Waals surface area contributed by atoms with Crippen LogP contribution in [0, 0.1) is 6.92 Å². The monoisotopic (exact) mass is 261 g/mol. The van der Waals surface area contributed by atoms with Crippen LogP contribution in [0.15, 0.2) is 24.3 Å². The Morgan fingerprint density at radius 1 is 1.11 bits per heavy atom. The summed E-state index contributed by atoms with van der Waals surface area (Å²) in [6.07, 6.45) is 1.22. The minimum absolute atomic E-state index is 1.12. The third-order valence-corrected chi connectivity index (χ3v) is 3.77. The molecule has 19 heavy (non-hydrogen) atoms. The lowest BCUT2D eigenvalue weighted by molar-refractivity contribution is 0.258. The molecular formula is C16H27N3. The third-order valence-electron chi connectivity index (χ3n) is 3.77. The van der Waals surface area contributed by atoms with E-state index in [2.05, 4.69) is 53.2 Å². The zero-order chi connectivity index (χ0) is 13.5. The van der Waals surface area contributed by atoms with Crippen LogP contribution in [0.4, 0.5) is 5.69 Å². The number of hydrogen-bond acceptors (Lipinski definition) is 3. The fraction of sp³-hybridized carbons (Fsp3) is 0.625. The lowest BCUT2D eigenvalue weighted by Gasteiger charge is -2.36. The van der Waals surface area contributed by atoms with E-state index in [4.69, 9.17) is 0 Å². The van der Waals surface area contributed by atoms with Gasteiger partial charge < -0.3 is 10.2 Å². The van der Waals surface area contributed by atoms with Gasteiger partial charge in [0.1, 0.15) is 0 Å². The molecule has 0 aromatic heterocycles. The van der Waals surface area contributed by atoms with E-state index in [1.807, 2.05) is 0 Å². The molecule has 0 aliphatic carbocycles. The molecule has 1 N–H and O–H groups in total. The Morgan fingerprint density at radius 3 is 2.58 bits per heavy atom. The fourth-order valence-corrected chi connectivity index (χ4v) is 2.59. The molecule has 1 fully saturated rings. The van der Waals surface area contributed by atoms with Gasteiger partial charge in [-0.2, -0.15) is 0 Å². The summed E-state index contributed by atoms with van der Waals surface area (Å²) in [7, 11) is 0. The van der Waals surface area contributed by atoms with E-state index in [0.717, 1.165) is 26.2 Å². The summed E-state index contributed by atoms with van der Waals surface area (Å²) in [5.74, 6) is 0. The van der Waals surface area contributed by atoms with Crippen LogP contribution in [0.2, 0.25) is 0 Å². The van der Waals surface area contributed by atoms with Crippen molar-refractivity contribution in [2.24, 2.45) is 0 Å². The zero-order valence-electron chi connectivity index (χ0n) is 12.4. The van der Waals surface area contributed by atoms with Crippen molar-refractivity contribution in [2.45, 2.75) is 20.3 Å². The Morgan fingerprint density at radius 2 is 1.89 bits per heavy atom. The molecule has 0 radical (unpaired) electrons. The Balaban J connectivity index is 1.73. The topological polar surface area (TPSA) is 18.5 Å². The molecule has 1 saturated heterocycles. The third kappa shape index (κ3) is 4.51. The number of rotatable bonds is 6. The number of nitrogens with zero attached hydrogens (tertiary/aromatic N) is 2. The molecule has 0 spiro atoms. The molecule has 0 unspecified atom stereocenters. The molecule has 1 aromatic carbocycles. The van der Waals surface area contributed by atoms with Crippen molar-refractivity contribution in [1.29, 1.82) is 0 Å². The summed E-state index contributed by atoms with van der Waals surface area (Å²) in [5, 5.41) is 3.48. The first-order chi connectivity index (χ1) is 9.29. The second-order valence-electron chi connectivity index (χ2n) is 5.42. The van der Waals surface area contributed by atoms with Crippen molar-refractivity contribution >= 4 is 5.69 Å². The Hall–Kier alpha value is -1.06. The van der Waals surface area contributed by atoms with Crippen molar-refractivity contribution in [3.05, 3.63) is 29.8 Å². The largest absolute Gasteiger partial charge is 0.369 e. The van der Waals surface area contributed by atoms with Gasteiger partial charge in [0.15, 0.2) is 0 Å². The highest BCUT2D eigenvalue weighted by atomic mass is 15.3. The lowest BCUT2D eigenvalue weighted by atomic mass is 10.2. The van der Waals surface area contributed by atoms with Gasteiger partial charge in [-0.15, -0.1) is 0 Å². The van der Waals surface area contributed by atoms with E-state index < -0.39 is 0 Å². The van der Waals surface area contributed by atoms with Crippen LogP contribution in [0.25, 0.3) is 0 Å². The second kappa shape index (κ2) is 7.51. The SMILES string of the molecule is CCCNCCN1CCN(c2cccc(C)c2)CC1. The van der Waals surface area contributed by atoms with Gasteiger partial charge in [0.25, 0.3) is 0 Å². The minimum Gasteiger partial charge on any atom is -0.369 e. The second-order valence-corrected chi connectivity index (χ2v) is 5.42. The van der Waals surface area contributed by atoms with Crippen molar-refractivity contribution in [3.63, 3.8) is 0 Å². The van der Waals surface area contributed by atoms with E-state index in [1.54, 1.807) is 0 Å². The van der Waals surface area contributed by atoms with Crippen LogP contribution in [-0.2, 0) is 0 Å². The molecule has 2 rings (SSSR count). The molecule has 3 heteroatoms. The highest BCUT2D eigenvalue weighted by Crippen LogP contribution is 2.17. The summed E-state index contributed by atoms with van der Waals surface area (Å²) in [6.45, 7) is 12.5. The van der Waals surface area contributed by atoms with Gasteiger partial charge in [-0.1, -0.05) is 19.1 Å². The predicted octanol–water partition coefficient (Wildman–Crippen LogP) is 2.12. The maximum Gasteiger partial charge on any atom is 0.0369 e. The molecule has 0 atom stereocenters. The lowest BCUT2D eigenvalue weighted by Crippen LogP contribution is -2.48. The molecule has 1 aliphatic heterocycles. The Kier molecular flexibility index (Phi) is 5.67. The summed E-state index contributed by atoms with van der Waals surface area (Å²) >= 11 is 0. The molecule has 0 amide bonds. The van der Waals surface area contributed by atoms with Crippen LogP contribution in [0.3, 0.4) is 0 Å². The average molecular weight is 261 g/mol. The number of hydrogen-bond donors (Lipinski definition) is 1. The number of anilines is 1. The highest BCUT2D eigenvalue weighted by Gasteiger charge is 2.16. The normalized spacial score (nSPS) is 16.8. The van der Waals surface area contributed by atoms with Gasteiger partial charge in [0.05, 0.1) is 0 Å². The van der Waals surface area contributed by atoms with Gasteiger partial charge in [0, 0.05) is 45.0 Å². The Bertz CT molecular complexity index is 370. The molecular weight excluding hydrogens is 234 g/mol. The van der Waals surface area contributed by atoms with Crippen LogP contribution < -0.4 is 10.2 Å². The quantitative estimate of drug-likeness (QED) is 0.791. The summed E-state index contributed by atoms with van der Waals surface area (Å²) in [4.78, 5) is 5.07. The van der Waals surface area contributed by atoms with Gasteiger partial charge in [0.2, 0.25) is 0 Å². The molecule has 3 nitrogen and oxygen atoms in total. The Labute approximate surface area is 117 Å². The standard InChI is InChI=1S/C16H27N3/c1-3-7-17-8-9-18-10-12-19(13-11-18)16-6-4-5-15(2)14-16/h4-6,14,17H,3,7-13H2,1-2H3. The number of nitrogens with one attached hydrogen (secondary N) is 1. The fourth-order valence-electron chi connectivity index (χ4n) is 2.59. The van der Waals surface area contributed by atoms with E-state index in [1.165, 1.54) is 37.3 Å². The van der Waals surface area contributed by atoms with E-state index in [0.29, 0.717) is 0 Å². The van der Waals surface area contributed by atoms with E-state index in [9.17, 15) is 0 Å². The molecule has 1 aromatic rings. The minimum atomic E-state index is 1.12. The first-order valence-electron chi connectivity index (χ1n) is 7.54. The van der Waals surface area contributed by atoms with Crippen molar-refractivity contribution in [2.75, 3.05) is 50.7 Å². The average Bonchev–Trinajstić information content (AvgIpc) is 2.44. The predicted molar refractivity (Wildman–Crippen MR) is 83.0 cm³/mol. The molecule has 1 aliphatic rings. The summed E-state index contributed by atoms with van der Waals surface area (Å²) < 4.78 is 0. The van der Waals surface area contributed by atoms with Gasteiger partial charge >= 0.3 is 0 Å². The van der Waals surface area contributed by atoms with Crippen molar-refractivity contribution in [1.82, 2.24) is 10.2 Å². The van der Waals surface area contributed by atoms with Crippen LogP contribution in [-0.4, -0.2) is 50.7 Å². The van der Waals surface area contributed by atoms with Crippen LogP contribution in [0.5, 0.6) is 0 Å². The number of benzene rings is 1. The number of aryl methyl sites for hydroxylation is 1. The van der Waals surface area contributed by atoms with Gasteiger partial charge in [-0.25, -0.2) is 0 Å². The molecule has 0 bridgehead atoms. The molecule has 0 saturated carbocycles. The van der Waals surface area contributed by atoms with Crippen molar-refractivity contribution in [3.8, 4) is 0 Å². The van der Waals surface area contributed by atoms with Crippen LogP contribution in [0.1, 0.15) is 18.9 Å². The van der Waals surface area contributed by atoms with Gasteiger partial charge in [-0.3, -0.25) is 4.90 Å². The molecule has 1 heterocycles. The molecule has 106 valence electrons. The maximum absolute atomic E-state index is 3.48.